The van der Waals surface area contributed by atoms with Crippen LogP contribution in [0.15, 0.2) is 17.6 Å². The molecule has 0 spiro atoms. The molecular weight excluding hydrogens is 224 g/mol. The number of imidazole rings is 1. The quantitative estimate of drug-likeness (QED) is 0.405. The highest BCUT2D eigenvalue weighted by Gasteiger charge is 2.31. The van der Waals surface area contributed by atoms with Gasteiger partial charge in [-0.2, -0.15) is 16.8 Å². The Bertz CT molecular complexity index is 463. The lowest BCUT2D eigenvalue weighted by molar-refractivity contribution is -0.562. The summed E-state index contributed by atoms with van der Waals surface area (Å²) in [7, 11) is -9.43. The average Bonchev–Trinajstić information content (AvgIpc) is 2.27. The molecule has 0 saturated heterocycles. The fourth-order valence-corrected chi connectivity index (χ4v) is 2.22. The van der Waals surface area contributed by atoms with Gasteiger partial charge in [-0.1, -0.05) is 3.97 Å². The predicted octanol–water partition coefficient (Wildman–Crippen LogP) is -1.80. The van der Waals surface area contributed by atoms with E-state index in [-0.39, 0.29) is 3.97 Å². The third-order valence-electron chi connectivity index (χ3n) is 1.11. The Morgan fingerprint density at radius 1 is 1.23 bits per heavy atom. The van der Waals surface area contributed by atoms with E-state index >= 15 is 0 Å². The summed E-state index contributed by atoms with van der Waals surface area (Å²) in [5, 5.41) is -1.03. The number of nitrogens with zero attached hydrogens (tertiary/aromatic N) is 1. The molecule has 0 aromatic carbocycles. The van der Waals surface area contributed by atoms with Crippen molar-refractivity contribution >= 4 is 20.4 Å². The minimum atomic E-state index is -4.73. The molecule has 1 rings (SSSR count). The van der Waals surface area contributed by atoms with Crippen LogP contribution in [0, 0.1) is 0 Å². The van der Waals surface area contributed by atoms with Crippen molar-refractivity contribution in [3.8, 4) is 0 Å². The first-order valence-electron chi connectivity index (χ1n) is 2.77. The fraction of sp³-hybridized carbons (Fsp3) is 0. The number of aromatic nitrogens is 2. The minimum absolute atomic E-state index is 0.0116. The lowest BCUT2D eigenvalue weighted by Gasteiger charge is -1.91. The van der Waals surface area contributed by atoms with Crippen LogP contribution in [-0.2, 0) is 20.4 Å². The lowest BCUT2D eigenvalue weighted by atomic mass is 11.0. The highest BCUT2D eigenvalue weighted by Crippen LogP contribution is 1.97. The van der Waals surface area contributed by atoms with Crippen molar-refractivity contribution in [2.45, 2.75) is 5.16 Å². The van der Waals surface area contributed by atoms with Crippen LogP contribution >= 0.6 is 0 Å². The maximum atomic E-state index is 10.5. The second kappa shape index (κ2) is 2.77. The van der Waals surface area contributed by atoms with Gasteiger partial charge in [-0.25, -0.2) is 4.98 Å². The van der Waals surface area contributed by atoms with Gasteiger partial charge >= 0.3 is 25.6 Å². The van der Waals surface area contributed by atoms with Crippen molar-refractivity contribution in [3.05, 3.63) is 12.4 Å². The molecule has 10 heteroatoms. The van der Waals surface area contributed by atoms with E-state index in [9.17, 15) is 16.8 Å². The topological polar surface area (TPSA) is 128 Å². The van der Waals surface area contributed by atoms with Crippen molar-refractivity contribution in [1.82, 2.24) is 4.98 Å². The van der Waals surface area contributed by atoms with E-state index in [1.807, 2.05) is 4.98 Å². The Balaban J connectivity index is 3.54. The minimum Gasteiger partial charge on any atom is -0.276 e. The van der Waals surface area contributed by atoms with Crippen LogP contribution in [0.2, 0.25) is 0 Å². The van der Waals surface area contributed by atoms with Crippen molar-refractivity contribution in [2.75, 3.05) is 0 Å². The monoisotopic (exact) mass is 229 g/mol. The van der Waals surface area contributed by atoms with E-state index < -0.39 is 25.6 Å². The molecule has 0 aliphatic carbocycles. The van der Waals surface area contributed by atoms with Gasteiger partial charge < -0.3 is 0 Å². The molecule has 1 heterocycles. The number of hydrogen-bond donors (Lipinski definition) is 3. The van der Waals surface area contributed by atoms with Crippen LogP contribution in [0.1, 0.15) is 0 Å². The van der Waals surface area contributed by atoms with Gasteiger partial charge in [0, 0.05) is 0 Å². The summed E-state index contributed by atoms with van der Waals surface area (Å²) in [6, 6.07) is 0. The standard InChI is InChI=1S/C3H4N2O6S2/c6-12(7,8)3-4-1-2-5(3)13(9,10)11/h1-2H,(H2,6,7,8,9,10,11)/p+1. The van der Waals surface area contributed by atoms with E-state index in [1.165, 1.54) is 0 Å². The molecule has 13 heavy (non-hydrogen) atoms. The van der Waals surface area contributed by atoms with Gasteiger partial charge in [-0.15, -0.1) is 0 Å². The van der Waals surface area contributed by atoms with Crippen LogP contribution in [0.4, 0.5) is 0 Å². The van der Waals surface area contributed by atoms with E-state index in [2.05, 4.69) is 0 Å². The van der Waals surface area contributed by atoms with Crippen LogP contribution in [0.5, 0.6) is 0 Å². The van der Waals surface area contributed by atoms with E-state index in [0.29, 0.717) is 0 Å². The van der Waals surface area contributed by atoms with Crippen molar-refractivity contribution in [3.63, 3.8) is 0 Å². The number of H-pyrrole nitrogens is 1. The Kier molecular flexibility index (Phi) is 2.15. The maximum absolute atomic E-state index is 10.5. The van der Waals surface area contributed by atoms with Crippen molar-refractivity contribution < 1.29 is 29.9 Å². The summed E-state index contributed by atoms with van der Waals surface area (Å²) < 4.78 is 58.9. The predicted molar refractivity (Wildman–Crippen MR) is 37.7 cm³/mol. The summed E-state index contributed by atoms with van der Waals surface area (Å²) in [6.07, 6.45) is 1.66. The molecule has 1 aromatic rings. The number of rotatable bonds is 2. The maximum Gasteiger partial charge on any atom is 0.440 e. The summed E-state index contributed by atoms with van der Waals surface area (Å²) in [5.41, 5.74) is 0. The molecule has 0 atom stereocenters. The van der Waals surface area contributed by atoms with Gasteiger partial charge in [0.25, 0.3) is 0 Å². The van der Waals surface area contributed by atoms with Gasteiger partial charge in [0.15, 0.2) is 6.20 Å². The van der Waals surface area contributed by atoms with E-state index in [1.54, 1.807) is 0 Å². The summed E-state index contributed by atoms with van der Waals surface area (Å²) in [5.74, 6) is 0. The molecule has 0 unspecified atom stereocenters. The molecular formula is C3H5N2O6S2+. The summed E-state index contributed by atoms with van der Waals surface area (Å²) >= 11 is 0. The zero-order valence-corrected chi connectivity index (χ0v) is 7.58. The number of aromatic amines is 1. The molecule has 0 bridgehead atoms. The molecule has 0 radical (unpaired) electrons. The molecule has 8 nitrogen and oxygen atoms in total. The largest absolute Gasteiger partial charge is 0.440 e. The average molecular weight is 229 g/mol. The second-order valence-corrected chi connectivity index (χ2v) is 4.64. The Labute approximate surface area is 73.5 Å². The van der Waals surface area contributed by atoms with Gasteiger partial charge in [0.05, 0.1) is 0 Å². The normalized spacial score (nSPS) is 13.1. The van der Waals surface area contributed by atoms with Crippen LogP contribution in [-0.4, -0.2) is 30.9 Å². The Morgan fingerprint density at radius 3 is 2.08 bits per heavy atom. The first kappa shape index (κ1) is 10.1. The van der Waals surface area contributed by atoms with Gasteiger partial charge in [0.2, 0.25) is 0 Å². The van der Waals surface area contributed by atoms with E-state index in [4.69, 9.17) is 9.11 Å². The molecule has 3 N–H and O–H groups in total. The molecule has 1 aromatic heterocycles. The first-order valence-corrected chi connectivity index (χ1v) is 5.61. The van der Waals surface area contributed by atoms with Crippen LogP contribution in [0.3, 0.4) is 0 Å². The number of nitrogens with one attached hydrogen (secondary N) is 1. The SMILES string of the molecule is O=S(=O)(O)c1[nH]cc[n+]1S(=O)(=O)O. The van der Waals surface area contributed by atoms with Crippen LogP contribution < -0.4 is 3.97 Å². The van der Waals surface area contributed by atoms with Crippen LogP contribution in [0.25, 0.3) is 0 Å². The summed E-state index contributed by atoms with van der Waals surface area (Å²) in [6.45, 7) is 0. The third-order valence-corrected chi connectivity index (χ3v) is 2.83. The zero-order valence-electron chi connectivity index (χ0n) is 5.95. The molecule has 0 aliphatic rings. The van der Waals surface area contributed by atoms with E-state index in [0.717, 1.165) is 12.4 Å². The molecule has 74 valence electrons. The highest BCUT2D eigenvalue weighted by atomic mass is 32.2. The fourth-order valence-electron chi connectivity index (χ4n) is 0.677. The second-order valence-electron chi connectivity index (χ2n) is 2.01. The smallest absolute Gasteiger partial charge is 0.276 e. The first-order chi connectivity index (χ1) is 5.73. The Hall–Kier alpha value is -0.970. The molecule has 0 amide bonds. The van der Waals surface area contributed by atoms with Gasteiger partial charge in [-0.05, 0) is 0 Å². The molecule has 0 fully saturated rings. The third kappa shape index (κ3) is 2.03. The zero-order chi connectivity index (χ0) is 10.3. The Morgan fingerprint density at radius 2 is 1.77 bits per heavy atom. The molecule has 0 saturated carbocycles. The summed E-state index contributed by atoms with van der Waals surface area (Å²) in [4.78, 5) is 1.94. The number of hydrogen-bond acceptors (Lipinski definition) is 4. The van der Waals surface area contributed by atoms with Gasteiger partial charge in [-0.3, -0.25) is 9.11 Å². The highest BCUT2D eigenvalue weighted by molar-refractivity contribution is 7.86. The van der Waals surface area contributed by atoms with Gasteiger partial charge in [0.1, 0.15) is 6.20 Å². The lowest BCUT2D eigenvalue weighted by Crippen LogP contribution is -2.44. The van der Waals surface area contributed by atoms with Crippen molar-refractivity contribution in [1.29, 1.82) is 0 Å². The van der Waals surface area contributed by atoms with Crippen molar-refractivity contribution in [2.24, 2.45) is 0 Å². The molecule has 0 aliphatic heterocycles.